The number of halogens is 1. The molecule has 1 amide bonds. The normalized spacial score (nSPS) is 10.8. The number of carbonyl (C=O) groups excluding carboxylic acids is 1. The molecule has 0 unspecified atom stereocenters. The van der Waals surface area contributed by atoms with E-state index in [2.05, 4.69) is 15.5 Å². The highest BCUT2D eigenvalue weighted by Gasteiger charge is 2.17. The molecule has 3 aromatic rings. The molecule has 7 nitrogen and oxygen atoms in total. The molecule has 164 valence electrons. The standard InChI is InChI=1S/C22H26ClN5O2S/c1-27(2)17-11-9-16(10-12-17)24-20(29)15-31-22-26-25-21(28(22)13-6-14-30-3)18-7-4-5-8-19(18)23/h4-5,7-12H,6,13-15H2,1-3H3,(H,24,29). The summed E-state index contributed by atoms with van der Waals surface area (Å²) < 4.78 is 7.17. The van der Waals surface area contributed by atoms with Gasteiger partial charge in [-0.3, -0.25) is 4.79 Å². The Morgan fingerprint density at radius 1 is 1.16 bits per heavy atom. The Morgan fingerprint density at radius 3 is 2.58 bits per heavy atom. The van der Waals surface area contributed by atoms with Crippen molar-refractivity contribution in [1.82, 2.24) is 14.8 Å². The summed E-state index contributed by atoms with van der Waals surface area (Å²) in [7, 11) is 5.62. The number of hydrogen-bond acceptors (Lipinski definition) is 6. The number of aromatic nitrogens is 3. The van der Waals surface area contributed by atoms with E-state index in [0.717, 1.165) is 23.4 Å². The van der Waals surface area contributed by atoms with E-state index < -0.39 is 0 Å². The van der Waals surface area contributed by atoms with Crippen LogP contribution in [0, 0.1) is 0 Å². The number of nitrogens with one attached hydrogen (secondary N) is 1. The molecule has 0 aliphatic rings. The molecule has 1 aromatic heterocycles. The van der Waals surface area contributed by atoms with E-state index in [-0.39, 0.29) is 11.7 Å². The van der Waals surface area contributed by atoms with Crippen LogP contribution < -0.4 is 10.2 Å². The number of ether oxygens (including phenoxy) is 1. The summed E-state index contributed by atoms with van der Waals surface area (Å²) in [6.45, 7) is 1.28. The third kappa shape index (κ3) is 6.22. The second-order valence-corrected chi connectivity index (χ2v) is 8.41. The van der Waals surface area contributed by atoms with Crippen LogP contribution in [0.4, 0.5) is 11.4 Å². The SMILES string of the molecule is COCCCn1c(SCC(=O)Nc2ccc(N(C)C)cc2)nnc1-c1ccccc1Cl. The number of nitrogens with zero attached hydrogens (tertiary/aromatic N) is 4. The topological polar surface area (TPSA) is 72.3 Å². The maximum atomic E-state index is 12.5. The van der Waals surface area contributed by atoms with Gasteiger partial charge in [-0.2, -0.15) is 0 Å². The van der Waals surface area contributed by atoms with E-state index in [1.165, 1.54) is 11.8 Å². The zero-order chi connectivity index (χ0) is 22.2. The first-order valence-electron chi connectivity index (χ1n) is 9.86. The van der Waals surface area contributed by atoms with Crippen LogP contribution in [-0.4, -0.2) is 54.2 Å². The van der Waals surface area contributed by atoms with Gasteiger partial charge in [0, 0.05) is 51.3 Å². The van der Waals surface area contributed by atoms with Crippen molar-refractivity contribution in [2.45, 2.75) is 18.1 Å². The molecule has 3 rings (SSSR count). The summed E-state index contributed by atoms with van der Waals surface area (Å²) in [6, 6.07) is 15.2. The quantitative estimate of drug-likeness (QED) is 0.357. The molecule has 0 saturated heterocycles. The van der Waals surface area contributed by atoms with Crippen LogP contribution in [0.2, 0.25) is 5.02 Å². The molecule has 2 aromatic carbocycles. The largest absolute Gasteiger partial charge is 0.385 e. The molecule has 0 aliphatic heterocycles. The van der Waals surface area contributed by atoms with Crippen LogP contribution in [0.15, 0.2) is 53.7 Å². The minimum absolute atomic E-state index is 0.103. The van der Waals surface area contributed by atoms with E-state index in [0.29, 0.717) is 29.2 Å². The second kappa shape index (κ2) is 11.2. The van der Waals surface area contributed by atoms with Crippen molar-refractivity contribution in [3.63, 3.8) is 0 Å². The minimum Gasteiger partial charge on any atom is -0.385 e. The van der Waals surface area contributed by atoms with Gasteiger partial charge in [-0.15, -0.1) is 10.2 Å². The Balaban J connectivity index is 1.70. The van der Waals surface area contributed by atoms with Gasteiger partial charge in [0.15, 0.2) is 11.0 Å². The van der Waals surface area contributed by atoms with Crippen LogP contribution in [0.5, 0.6) is 0 Å². The van der Waals surface area contributed by atoms with Gasteiger partial charge in [-0.05, 0) is 42.8 Å². The summed E-state index contributed by atoms with van der Waals surface area (Å²) >= 11 is 7.72. The van der Waals surface area contributed by atoms with Crippen LogP contribution in [0.3, 0.4) is 0 Å². The Labute approximate surface area is 191 Å². The highest BCUT2D eigenvalue weighted by atomic mass is 35.5. The minimum atomic E-state index is -0.103. The maximum Gasteiger partial charge on any atom is 0.234 e. The lowest BCUT2D eigenvalue weighted by atomic mass is 10.2. The lowest BCUT2D eigenvalue weighted by Crippen LogP contribution is -2.15. The molecule has 0 radical (unpaired) electrons. The number of amides is 1. The number of methoxy groups -OCH3 is 1. The first kappa shape index (κ1) is 23.1. The van der Waals surface area contributed by atoms with Gasteiger partial charge in [-0.1, -0.05) is 35.5 Å². The molecule has 0 saturated carbocycles. The third-order valence-electron chi connectivity index (χ3n) is 4.56. The Bertz CT molecular complexity index is 1010. The Kier molecular flexibility index (Phi) is 8.34. The van der Waals surface area contributed by atoms with Crippen molar-refractivity contribution < 1.29 is 9.53 Å². The highest BCUT2D eigenvalue weighted by Crippen LogP contribution is 2.29. The van der Waals surface area contributed by atoms with E-state index in [1.807, 2.05) is 72.1 Å². The zero-order valence-electron chi connectivity index (χ0n) is 17.8. The first-order valence-corrected chi connectivity index (χ1v) is 11.2. The summed E-state index contributed by atoms with van der Waals surface area (Å²) in [6.07, 6.45) is 0.796. The van der Waals surface area contributed by atoms with Crippen LogP contribution in [0.25, 0.3) is 11.4 Å². The molecule has 9 heteroatoms. The number of thioether (sulfide) groups is 1. The molecule has 0 bridgehead atoms. The predicted molar refractivity (Wildman–Crippen MR) is 127 cm³/mol. The summed E-state index contributed by atoms with van der Waals surface area (Å²) in [5, 5.41) is 12.9. The molecule has 0 spiro atoms. The molecule has 0 atom stereocenters. The van der Waals surface area contributed by atoms with Crippen LogP contribution in [-0.2, 0) is 16.1 Å². The van der Waals surface area contributed by atoms with E-state index >= 15 is 0 Å². The van der Waals surface area contributed by atoms with Gasteiger partial charge >= 0.3 is 0 Å². The number of rotatable bonds is 10. The van der Waals surface area contributed by atoms with Crippen LogP contribution >= 0.6 is 23.4 Å². The van der Waals surface area contributed by atoms with Gasteiger partial charge in [0.1, 0.15) is 0 Å². The van der Waals surface area contributed by atoms with Gasteiger partial charge in [0.25, 0.3) is 0 Å². The average Bonchev–Trinajstić information content (AvgIpc) is 3.15. The molecule has 31 heavy (non-hydrogen) atoms. The van der Waals surface area contributed by atoms with E-state index in [4.69, 9.17) is 16.3 Å². The number of benzene rings is 2. The predicted octanol–water partition coefficient (Wildman–Crippen LogP) is 4.43. The molecule has 0 aliphatic carbocycles. The zero-order valence-corrected chi connectivity index (χ0v) is 19.4. The summed E-state index contributed by atoms with van der Waals surface area (Å²) in [5.74, 6) is 0.803. The van der Waals surface area contributed by atoms with Crippen molar-refractivity contribution in [2.75, 3.05) is 43.8 Å². The Morgan fingerprint density at radius 2 is 1.90 bits per heavy atom. The van der Waals surface area contributed by atoms with Crippen molar-refractivity contribution >= 4 is 40.6 Å². The lowest BCUT2D eigenvalue weighted by Gasteiger charge is -2.13. The second-order valence-electron chi connectivity index (χ2n) is 7.06. The third-order valence-corrected chi connectivity index (χ3v) is 5.86. The van der Waals surface area contributed by atoms with Gasteiger partial charge < -0.3 is 19.5 Å². The van der Waals surface area contributed by atoms with E-state index in [9.17, 15) is 4.79 Å². The van der Waals surface area contributed by atoms with E-state index in [1.54, 1.807) is 7.11 Å². The van der Waals surface area contributed by atoms with Crippen molar-refractivity contribution in [2.24, 2.45) is 0 Å². The first-order chi connectivity index (χ1) is 15.0. The molecular formula is C22H26ClN5O2S. The fourth-order valence-corrected chi connectivity index (χ4v) is 3.96. The van der Waals surface area contributed by atoms with Gasteiger partial charge in [0.2, 0.25) is 5.91 Å². The summed E-state index contributed by atoms with van der Waals surface area (Å²) in [4.78, 5) is 14.5. The fraction of sp³-hybridized carbons (Fsp3) is 0.318. The average molecular weight is 460 g/mol. The number of hydrogen-bond donors (Lipinski definition) is 1. The molecule has 1 N–H and O–H groups in total. The highest BCUT2D eigenvalue weighted by molar-refractivity contribution is 7.99. The Hall–Kier alpha value is -2.55. The monoisotopic (exact) mass is 459 g/mol. The summed E-state index contributed by atoms with van der Waals surface area (Å²) in [5.41, 5.74) is 2.64. The molecule has 1 heterocycles. The van der Waals surface area contributed by atoms with Crippen molar-refractivity contribution in [3.05, 3.63) is 53.6 Å². The molecule has 0 fully saturated rings. The maximum absolute atomic E-state index is 12.5. The number of anilines is 2. The molecular weight excluding hydrogens is 434 g/mol. The fourth-order valence-electron chi connectivity index (χ4n) is 2.98. The smallest absolute Gasteiger partial charge is 0.234 e. The van der Waals surface area contributed by atoms with Crippen molar-refractivity contribution in [3.8, 4) is 11.4 Å². The van der Waals surface area contributed by atoms with Crippen LogP contribution in [0.1, 0.15) is 6.42 Å². The lowest BCUT2D eigenvalue weighted by molar-refractivity contribution is -0.113. The van der Waals surface area contributed by atoms with Gasteiger partial charge in [0.05, 0.1) is 10.8 Å². The number of carbonyl (C=O) groups is 1. The van der Waals surface area contributed by atoms with Crippen molar-refractivity contribution in [1.29, 1.82) is 0 Å². The van der Waals surface area contributed by atoms with Gasteiger partial charge in [-0.25, -0.2) is 0 Å².